The first-order chi connectivity index (χ1) is 12.8. The van der Waals surface area contributed by atoms with Gasteiger partial charge in [-0.05, 0) is 42.8 Å². The minimum absolute atomic E-state index is 0.208. The molecule has 1 unspecified atom stereocenters. The zero-order valence-electron chi connectivity index (χ0n) is 14.6. The van der Waals surface area contributed by atoms with Gasteiger partial charge in [0.1, 0.15) is 11.5 Å². The molecule has 0 spiro atoms. The first-order valence-electron chi connectivity index (χ1n) is 8.60. The molecule has 0 radical (unpaired) electrons. The number of carbonyl (C=O) groups is 1. The van der Waals surface area contributed by atoms with Gasteiger partial charge in [-0.3, -0.25) is 4.79 Å². The smallest absolute Gasteiger partial charge is 0.265 e. The van der Waals surface area contributed by atoms with Crippen molar-refractivity contribution in [3.63, 3.8) is 0 Å². The molecular weight excluding hydrogens is 326 g/mol. The van der Waals surface area contributed by atoms with Crippen molar-refractivity contribution in [1.82, 2.24) is 0 Å². The molecule has 26 heavy (non-hydrogen) atoms. The predicted octanol–water partition coefficient (Wildman–Crippen LogP) is 5.28. The van der Waals surface area contributed by atoms with Crippen molar-refractivity contribution in [2.75, 3.05) is 5.32 Å². The molecule has 3 rings (SSSR count). The zero-order valence-corrected chi connectivity index (χ0v) is 14.6. The van der Waals surface area contributed by atoms with Crippen molar-refractivity contribution in [2.24, 2.45) is 0 Å². The number of nitrogens with one attached hydrogen (secondary N) is 1. The number of rotatable bonds is 7. The highest BCUT2D eigenvalue weighted by Gasteiger charge is 2.20. The Bertz CT molecular complexity index is 834. The molecule has 0 bridgehead atoms. The second kappa shape index (κ2) is 8.72. The molecule has 1 amide bonds. The molecule has 0 aliphatic carbocycles. The Morgan fingerprint density at radius 1 is 0.846 bits per heavy atom. The molecule has 0 saturated heterocycles. The molecule has 0 fully saturated rings. The number of benzene rings is 3. The van der Waals surface area contributed by atoms with Gasteiger partial charge in [0.05, 0.1) is 5.69 Å². The number of hydrogen-bond donors (Lipinski definition) is 1. The molecule has 0 aliphatic heterocycles. The van der Waals surface area contributed by atoms with E-state index in [1.54, 1.807) is 0 Å². The first kappa shape index (κ1) is 17.5. The van der Waals surface area contributed by atoms with Crippen LogP contribution in [0.25, 0.3) is 0 Å². The van der Waals surface area contributed by atoms with Gasteiger partial charge in [-0.25, -0.2) is 0 Å². The summed E-state index contributed by atoms with van der Waals surface area (Å²) in [5.74, 6) is 1.76. The van der Waals surface area contributed by atoms with E-state index in [9.17, 15) is 4.79 Å². The fraction of sp³-hybridized carbons (Fsp3) is 0.136. The third-order valence-electron chi connectivity index (χ3n) is 3.80. The highest BCUT2D eigenvalue weighted by molar-refractivity contribution is 5.95. The van der Waals surface area contributed by atoms with Crippen LogP contribution in [-0.4, -0.2) is 12.0 Å². The van der Waals surface area contributed by atoms with E-state index >= 15 is 0 Å². The maximum atomic E-state index is 12.7. The summed E-state index contributed by atoms with van der Waals surface area (Å²) < 4.78 is 11.7. The minimum Gasteiger partial charge on any atom is -0.481 e. The van der Waals surface area contributed by atoms with E-state index in [0.29, 0.717) is 29.4 Å². The Hall–Kier alpha value is -3.27. The predicted molar refractivity (Wildman–Crippen MR) is 103 cm³/mol. The number of amides is 1. The molecule has 0 aromatic heterocycles. The summed E-state index contributed by atoms with van der Waals surface area (Å²) in [4.78, 5) is 12.7. The lowest BCUT2D eigenvalue weighted by atomic mass is 10.2. The van der Waals surface area contributed by atoms with Crippen LogP contribution >= 0.6 is 0 Å². The average molecular weight is 347 g/mol. The second-order valence-corrected chi connectivity index (χ2v) is 5.73. The van der Waals surface area contributed by atoms with Crippen molar-refractivity contribution >= 4 is 11.6 Å². The summed E-state index contributed by atoms with van der Waals surface area (Å²) in [7, 11) is 0. The Balaban J connectivity index is 1.72. The standard InChI is InChI=1S/C22H21NO3/c1-2-20(25-17-11-5-3-6-12-17)22(24)23-19-15-9-10-16-21(19)26-18-13-7-4-8-14-18/h3-16,20H,2H2,1H3,(H,23,24). The molecule has 3 aromatic carbocycles. The van der Waals surface area contributed by atoms with Crippen LogP contribution in [0.3, 0.4) is 0 Å². The summed E-state index contributed by atoms with van der Waals surface area (Å²) in [6.45, 7) is 1.92. The fourth-order valence-corrected chi connectivity index (χ4v) is 2.47. The fourth-order valence-electron chi connectivity index (χ4n) is 2.47. The SMILES string of the molecule is CCC(Oc1ccccc1)C(=O)Nc1ccccc1Oc1ccccc1. The maximum absolute atomic E-state index is 12.7. The van der Waals surface area contributed by atoms with Crippen molar-refractivity contribution in [2.45, 2.75) is 19.4 Å². The number of ether oxygens (including phenoxy) is 2. The largest absolute Gasteiger partial charge is 0.481 e. The van der Waals surface area contributed by atoms with E-state index in [4.69, 9.17) is 9.47 Å². The summed E-state index contributed by atoms with van der Waals surface area (Å²) in [5.41, 5.74) is 0.608. The van der Waals surface area contributed by atoms with Gasteiger partial charge in [0.15, 0.2) is 11.9 Å². The molecule has 132 valence electrons. The summed E-state index contributed by atoms with van der Waals surface area (Å²) >= 11 is 0. The Kier molecular flexibility index (Phi) is 5.88. The molecule has 0 aliphatic rings. The molecule has 1 N–H and O–H groups in total. The van der Waals surface area contributed by atoms with Crippen LogP contribution in [0.1, 0.15) is 13.3 Å². The highest BCUT2D eigenvalue weighted by Crippen LogP contribution is 2.29. The minimum atomic E-state index is -0.581. The van der Waals surface area contributed by atoms with Gasteiger partial charge in [-0.2, -0.15) is 0 Å². The lowest BCUT2D eigenvalue weighted by Crippen LogP contribution is -2.32. The van der Waals surface area contributed by atoms with Crippen LogP contribution in [0.4, 0.5) is 5.69 Å². The number of para-hydroxylation sites is 4. The van der Waals surface area contributed by atoms with E-state index in [1.807, 2.05) is 91.9 Å². The van der Waals surface area contributed by atoms with Gasteiger partial charge in [0.25, 0.3) is 5.91 Å². The van der Waals surface area contributed by atoms with Crippen LogP contribution in [0.5, 0.6) is 17.2 Å². The van der Waals surface area contributed by atoms with Gasteiger partial charge in [-0.1, -0.05) is 55.5 Å². The molecule has 4 heteroatoms. The van der Waals surface area contributed by atoms with Crippen LogP contribution in [-0.2, 0) is 4.79 Å². The van der Waals surface area contributed by atoms with E-state index < -0.39 is 6.10 Å². The van der Waals surface area contributed by atoms with E-state index in [-0.39, 0.29) is 5.91 Å². The number of anilines is 1. The van der Waals surface area contributed by atoms with Crippen LogP contribution in [0.2, 0.25) is 0 Å². The van der Waals surface area contributed by atoms with Gasteiger partial charge >= 0.3 is 0 Å². The topological polar surface area (TPSA) is 47.6 Å². The van der Waals surface area contributed by atoms with Crippen molar-refractivity contribution in [1.29, 1.82) is 0 Å². The van der Waals surface area contributed by atoms with Gasteiger partial charge in [0.2, 0.25) is 0 Å². The molecule has 1 atom stereocenters. The lowest BCUT2D eigenvalue weighted by molar-refractivity contribution is -0.122. The van der Waals surface area contributed by atoms with Crippen molar-refractivity contribution in [3.05, 3.63) is 84.9 Å². The summed E-state index contributed by atoms with van der Waals surface area (Å²) in [6.07, 6.45) is -0.0233. The summed E-state index contributed by atoms with van der Waals surface area (Å²) in [6, 6.07) is 26.1. The number of hydrogen-bond acceptors (Lipinski definition) is 3. The third-order valence-corrected chi connectivity index (χ3v) is 3.80. The van der Waals surface area contributed by atoms with Crippen LogP contribution in [0, 0.1) is 0 Å². The van der Waals surface area contributed by atoms with Crippen LogP contribution < -0.4 is 14.8 Å². The Labute approximate surface area is 153 Å². The Morgan fingerprint density at radius 3 is 2.08 bits per heavy atom. The van der Waals surface area contributed by atoms with Crippen molar-refractivity contribution < 1.29 is 14.3 Å². The average Bonchev–Trinajstić information content (AvgIpc) is 2.69. The maximum Gasteiger partial charge on any atom is 0.265 e. The van der Waals surface area contributed by atoms with E-state index in [1.165, 1.54) is 0 Å². The van der Waals surface area contributed by atoms with Gasteiger partial charge < -0.3 is 14.8 Å². The van der Waals surface area contributed by atoms with Gasteiger partial charge in [0, 0.05) is 0 Å². The normalized spacial score (nSPS) is 11.4. The number of carbonyl (C=O) groups excluding carboxylic acids is 1. The lowest BCUT2D eigenvalue weighted by Gasteiger charge is -2.18. The van der Waals surface area contributed by atoms with E-state index in [0.717, 1.165) is 0 Å². The zero-order chi connectivity index (χ0) is 18.2. The molecule has 4 nitrogen and oxygen atoms in total. The second-order valence-electron chi connectivity index (χ2n) is 5.73. The van der Waals surface area contributed by atoms with Crippen LogP contribution in [0.15, 0.2) is 84.9 Å². The molecular formula is C22H21NO3. The van der Waals surface area contributed by atoms with E-state index in [2.05, 4.69) is 5.32 Å². The summed E-state index contributed by atoms with van der Waals surface area (Å²) in [5, 5.41) is 2.91. The first-order valence-corrected chi connectivity index (χ1v) is 8.60. The quantitative estimate of drug-likeness (QED) is 0.633. The molecule has 0 saturated carbocycles. The Morgan fingerprint density at radius 2 is 1.42 bits per heavy atom. The van der Waals surface area contributed by atoms with Gasteiger partial charge in [-0.15, -0.1) is 0 Å². The highest BCUT2D eigenvalue weighted by atomic mass is 16.5. The molecule has 0 heterocycles. The van der Waals surface area contributed by atoms with Crippen molar-refractivity contribution in [3.8, 4) is 17.2 Å². The monoisotopic (exact) mass is 347 g/mol. The third kappa shape index (κ3) is 4.63. The molecule has 3 aromatic rings.